The number of halogens is 2. The van der Waals surface area contributed by atoms with E-state index < -0.39 is 5.97 Å². The van der Waals surface area contributed by atoms with Gasteiger partial charge < -0.3 is 4.74 Å². The number of rotatable bonds is 5. The summed E-state index contributed by atoms with van der Waals surface area (Å²) in [5.41, 5.74) is 2.23. The molecule has 7 heteroatoms. The molecular formula is C25H18ClIN2O3. The van der Waals surface area contributed by atoms with Crippen molar-refractivity contribution >= 4 is 63.2 Å². The van der Waals surface area contributed by atoms with Crippen LogP contribution >= 0.6 is 34.2 Å². The monoisotopic (exact) mass is 556 g/mol. The lowest BCUT2D eigenvalue weighted by Gasteiger charge is -2.12. The zero-order valence-corrected chi connectivity index (χ0v) is 20.0. The molecule has 1 aromatic heterocycles. The maximum absolute atomic E-state index is 13.5. The smallest absolute Gasteiger partial charge is 0.338 e. The van der Waals surface area contributed by atoms with Gasteiger partial charge in [0.2, 0.25) is 0 Å². The number of hydrogen-bond acceptors (Lipinski definition) is 4. The van der Waals surface area contributed by atoms with Crippen molar-refractivity contribution < 1.29 is 9.53 Å². The highest BCUT2D eigenvalue weighted by atomic mass is 127. The second-order valence-corrected chi connectivity index (χ2v) is 8.55. The van der Waals surface area contributed by atoms with Gasteiger partial charge in [-0.15, -0.1) is 0 Å². The third kappa shape index (κ3) is 4.61. The SMILES string of the molecule is CCOC(=O)c1ccc(-n2c(C=Cc3ccccc3Cl)nc3ccc(I)cc3c2=O)cc1. The molecule has 0 saturated carbocycles. The fourth-order valence-corrected chi connectivity index (χ4v) is 3.96. The molecule has 32 heavy (non-hydrogen) atoms. The first-order chi connectivity index (χ1) is 15.5. The van der Waals surface area contributed by atoms with Crippen LogP contribution < -0.4 is 5.56 Å². The van der Waals surface area contributed by atoms with E-state index in [1.165, 1.54) is 4.57 Å². The minimum Gasteiger partial charge on any atom is -0.462 e. The maximum Gasteiger partial charge on any atom is 0.338 e. The highest BCUT2D eigenvalue weighted by Crippen LogP contribution is 2.20. The largest absolute Gasteiger partial charge is 0.462 e. The minimum absolute atomic E-state index is 0.198. The Morgan fingerprint density at radius 1 is 1.09 bits per heavy atom. The van der Waals surface area contributed by atoms with Crippen LogP contribution in [0.5, 0.6) is 0 Å². The third-order valence-electron chi connectivity index (χ3n) is 4.81. The van der Waals surface area contributed by atoms with Gasteiger partial charge in [0.15, 0.2) is 0 Å². The van der Waals surface area contributed by atoms with Crippen molar-refractivity contribution in [1.82, 2.24) is 9.55 Å². The van der Waals surface area contributed by atoms with E-state index in [1.54, 1.807) is 43.3 Å². The molecule has 0 N–H and O–H groups in total. The van der Waals surface area contributed by atoms with Gasteiger partial charge in [0.1, 0.15) is 5.82 Å². The number of carbonyl (C=O) groups is 1. The minimum atomic E-state index is -0.406. The van der Waals surface area contributed by atoms with Crippen LogP contribution in [0.25, 0.3) is 28.7 Å². The molecule has 5 nitrogen and oxygen atoms in total. The van der Waals surface area contributed by atoms with Gasteiger partial charge in [0.25, 0.3) is 5.56 Å². The number of fused-ring (bicyclic) bond motifs is 1. The normalized spacial score (nSPS) is 11.2. The van der Waals surface area contributed by atoms with E-state index in [4.69, 9.17) is 21.3 Å². The van der Waals surface area contributed by atoms with Crippen molar-refractivity contribution in [2.24, 2.45) is 0 Å². The Kier molecular flexibility index (Phi) is 6.72. The number of nitrogens with zero attached hydrogens (tertiary/aromatic N) is 2. The molecule has 4 aromatic rings. The van der Waals surface area contributed by atoms with Crippen LogP contribution in [0.1, 0.15) is 28.7 Å². The summed E-state index contributed by atoms with van der Waals surface area (Å²) in [7, 11) is 0. The first kappa shape index (κ1) is 22.2. The predicted molar refractivity (Wildman–Crippen MR) is 136 cm³/mol. The van der Waals surface area contributed by atoms with Gasteiger partial charge in [0, 0.05) is 8.59 Å². The summed E-state index contributed by atoms with van der Waals surface area (Å²) in [6.45, 7) is 2.05. The molecule has 0 aliphatic rings. The molecule has 3 aromatic carbocycles. The molecule has 160 valence electrons. The van der Waals surface area contributed by atoms with Gasteiger partial charge in [-0.05, 0) is 95.8 Å². The number of esters is 1. The van der Waals surface area contributed by atoms with E-state index in [0.29, 0.717) is 39.6 Å². The zero-order valence-electron chi connectivity index (χ0n) is 17.1. The number of ether oxygens (including phenoxy) is 1. The molecule has 0 saturated heterocycles. The van der Waals surface area contributed by atoms with Crippen LogP contribution in [0.4, 0.5) is 0 Å². The van der Waals surface area contributed by atoms with Gasteiger partial charge in [-0.25, -0.2) is 9.78 Å². The van der Waals surface area contributed by atoms with Crippen LogP contribution in [0.2, 0.25) is 5.02 Å². The van der Waals surface area contributed by atoms with Crippen LogP contribution in [-0.2, 0) is 4.74 Å². The van der Waals surface area contributed by atoms with Crippen molar-refractivity contribution in [3.05, 3.63) is 103 Å². The lowest BCUT2D eigenvalue weighted by atomic mass is 10.1. The number of carbonyl (C=O) groups excluding carboxylic acids is 1. The van der Waals surface area contributed by atoms with Crippen LogP contribution in [-0.4, -0.2) is 22.1 Å². The highest BCUT2D eigenvalue weighted by molar-refractivity contribution is 14.1. The molecule has 0 bridgehead atoms. The fraction of sp³-hybridized carbons (Fsp3) is 0.0800. The Hall–Kier alpha value is -2.97. The van der Waals surface area contributed by atoms with E-state index in [2.05, 4.69) is 22.6 Å². The van der Waals surface area contributed by atoms with E-state index in [1.807, 2.05) is 42.5 Å². The molecule has 0 radical (unpaired) electrons. The topological polar surface area (TPSA) is 61.2 Å². The van der Waals surface area contributed by atoms with E-state index in [0.717, 1.165) is 9.13 Å². The molecule has 0 amide bonds. The Bertz CT molecular complexity index is 1390. The van der Waals surface area contributed by atoms with Crippen molar-refractivity contribution in [3.63, 3.8) is 0 Å². The lowest BCUT2D eigenvalue weighted by Crippen LogP contribution is -2.22. The van der Waals surface area contributed by atoms with Crippen molar-refractivity contribution in [3.8, 4) is 5.69 Å². The van der Waals surface area contributed by atoms with E-state index >= 15 is 0 Å². The molecule has 0 fully saturated rings. The van der Waals surface area contributed by atoms with Gasteiger partial charge >= 0.3 is 5.97 Å². The van der Waals surface area contributed by atoms with Crippen LogP contribution in [0.3, 0.4) is 0 Å². The van der Waals surface area contributed by atoms with Crippen LogP contribution in [0.15, 0.2) is 71.5 Å². The van der Waals surface area contributed by atoms with Gasteiger partial charge in [-0.2, -0.15) is 0 Å². The summed E-state index contributed by atoms with van der Waals surface area (Å²) < 4.78 is 7.52. The summed E-state index contributed by atoms with van der Waals surface area (Å²) in [5, 5.41) is 1.12. The molecule has 0 unspecified atom stereocenters. The molecule has 0 spiro atoms. The molecule has 0 aliphatic heterocycles. The average Bonchev–Trinajstić information content (AvgIpc) is 2.79. The van der Waals surface area contributed by atoms with E-state index in [-0.39, 0.29) is 5.56 Å². The Morgan fingerprint density at radius 3 is 2.56 bits per heavy atom. The number of benzene rings is 3. The molecule has 0 atom stereocenters. The quantitative estimate of drug-likeness (QED) is 0.224. The van der Waals surface area contributed by atoms with E-state index in [9.17, 15) is 9.59 Å². The van der Waals surface area contributed by atoms with Crippen molar-refractivity contribution in [1.29, 1.82) is 0 Å². The molecular weight excluding hydrogens is 539 g/mol. The summed E-state index contributed by atoms with van der Waals surface area (Å²) >= 11 is 8.45. The first-order valence-corrected chi connectivity index (χ1v) is 11.4. The maximum atomic E-state index is 13.5. The summed E-state index contributed by atoms with van der Waals surface area (Å²) in [6.07, 6.45) is 3.59. The Morgan fingerprint density at radius 2 is 1.84 bits per heavy atom. The summed E-state index contributed by atoms with van der Waals surface area (Å²) in [4.78, 5) is 30.2. The zero-order chi connectivity index (χ0) is 22.7. The Labute approximate surface area is 203 Å². The lowest BCUT2D eigenvalue weighted by molar-refractivity contribution is 0.0526. The predicted octanol–water partition coefficient (Wildman–Crippen LogP) is 5.99. The molecule has 0 aliphatic carbocycles. The van der Waals surface area contributed by atoms with Gasteiger partial charge in [0.05, 0.1) is 28.8 Å². The molecule has 1 heterocycles. The standard InChI is InChI=1S/C25H18ClIN2O3/c1-2-32-25(31)17-7-11-19(12-8-17)29-23(14-9-16-5-3-4-6-21(16)26)28-22-13-10-18(27)15-20(22)24(29)30/h3-15H,2H2,1H3. The Balaban J connectivity index is 1.88. The molecule has 4 rings (SSSR count). The fourth-order valence-electron chi connectivity index (χ4n) is 3.27. The number of aromatic nitrogens is 2. The second kappa shape index (κ2) is 9.67. The average molecular weight is 557 g/mol. The third-order valence-corrected chi connectivity index (χ3v) is 5.83. The second-order valence-electron chi connectivity index (χ2n) is 6.89. The van der Waals surface area contributed by atoms with Gasteiger partial charge in [-0.1, -0.05) is 29.8 Å². The highest BCUT2D eigenvalue weighted by Gasteiger charge is 2.13. The first-order valence-electron chi connectivity index (χ1n) is 9.90. The van der Waals surface area contributed by atoms with Crippen molar-refractivity contribution in [2.45, 2.75) is 6.92 Å². The summed E-state index contributed by atoms with van der Waals surface area (Å²) in [5.74, 6) is 0.0453. The van der Waals surface area contributed by atoms with Crippen LogP contribution in [0, 0.1) is 3.57 Å². The summed E-state index contributed by atoms with van der Waals surface area (Å²) in [6, 6.07) is 19.7. The van der Waals surface area contributed by atoms with Gasteiger partial charge in [-0.3, -0.25) is 9.36 Å². The number of hydrogen-bond donors (Lipinski definition) is 0. The van der Waals surface area contributed by atoms with Crippen molar-refractivity contribution in [2.75, 3.05) is 6.61 Å².